The van der Waals surface area contributed by atoms with Gasteiger partial charge in [0.1, 0.15) is 4.90 Å². The van der Waals surface area contributed by atoms with Crippen molar-refractivity contribution in [3.63, 3.8) is 0 Å². The van der Waals surface area contributed by atoms with Gasteiger partial charge in [-0.1, -0.05) is 23.2 Å². The minimum absolute atomic E-state index is 0. The van der Waals surface area contributed by atoms with E-state index >= 15 is 0 Å². The Labute approximate surface area is 129 Å². The van der Waals surface area contributed by atoms with Crippen molar-refractivity contribution >= 4 is 45.6 Å². The number of hydrogen-bond donors (Lipinski definition) is 1. The third-order valence-electron chi connectivity index (χ3n) is 3.01. The molecule has 0 aliphatic carbocycles. The van der Waals surface area contributed by atoms with E-state index < -0.39 is 10.0 Å². The first-order valence-electron chi connectivity index (χ1n) is 5.62. The van der Waals surface area contributed by atoms with Crippen molar-refractivity contribution in [3.8, 4) is 0 Å². The molecule has 0 atom stereocenters. The van der Waals surface area contributed by atoms with Crippen LogP contribution in [0.4, 0.5) is 0 Å². The van der Waals surface area contributed by atoms with E-state index in [9.17, 15) is 8.42 Å². The summed E-state index contributed by atoms with van der Waals surface area (Å²) in [5.41, 5.74) is 5.76. The fourth-order valence-corrected chi connectivity index (χ4v) is 4.16. The topological polar surface area (TPSA) is 63.4 Å². The number of nitrogens with two attached hydrogens (primary N) is 1. The van der Waals surface area contributed by atoms with Gasteiger partial charge >= 0.3 is 0 Å². The van der Waals surface area contributed by atoms with Crippen molar-refractivity contribution < 1.29 is 8.42 Å². The first kappa shape index (κ1) is 17.0. The van der Waals surface area contributed by atoms with Gasteiger partial charge in [-0.15, -0.1) is 12.4 Å². The van der Waals surface area contributed by atoms with E-state index in [4.69, 9.17) is 28.9 Å². The van der Waals surface area contributed by atoms with Crippen LogP contribution in [-0.2, 0) is 10.0 Å². The molecule has 108 valence electrons. The number of halogens is 3. The molecule has 4 nitrogen and oxygen atoms in total. The molecule has 0 bridgehead atoms. The average Bonchev–Trinajstić information content (AvgIpc) is 2.29. The van der Waals surface area contributed by atoms with Gasteiger partial charge in [0.05, 0.1) is 5.02 Å². The van der Waals surface area contributed by atoms with Crippen LogP contribution in [0, 0.1) is 0 Å². The number of nitrogens with zero attached hydrogens (tertiary/aromatic N) is 1. The van der Waals surface area contributed by atoms with E-state index in [1.807, 2.05) is 0 Å². The van der Waals surface area contributed by atoms with Crippen molar-refractivity contribution in [2.75, 3.05) is 13.1 Å². The maximum Gasteiger partial charge on any atom is 0.244 e. The Hall–Kier alpha value is -0.0400. The van der Waals surface area contributed by atoms with Gasteiger partial charge in [-0.05, 0) is 31.0 Å². The standard InChI is InChI=1S/C11H14Cl2N2O2S.ClH/c12-8-1-2-11(10(13)7-8)18(16,17)15-5-3-9(14)4-6-15;/h1-2,7,9H,3-6,14H2;1H. The lowest BCUT2D eigenvalue weighted by atomic mass is 10.1. The van der Waals surface area contributed by atoms with Gasteiger partial charge in [0.2, 0.25) is 10.0 Å². The summed E-state index contributed by atoms with van der Waals surface area (Å²) in [6.07, 6.45) is 1.34. The van der Waals surface area contributed by atoms with Crippen LogP contribution in [0.1, 0.15) is 12.8 Å². The monoisotopic (exact) mass is 344 g/mol. The molecule has 0 unspecified atom stereocenters. The first-order valence-corrected chi connectivity index (χ1v) is 7.81. The number of sulfonamides is 1. The van der Waals surface area contributed by atoms with Crippen molar-refractivity contribution in [2.45, 2.75) is 23.8 Å². The molecule has 8 heteroatoms. The summed E-state index contributed by atoms with van der Waals surface area (Å²) < 4.78 is 26.2. The molecule has 0 radical (unpaired) electrons. The van der Waals surface area contributed by atoms with Gasteiger partial charge in [-0.25, -0.2) is 8.42 Å². The number of benzene rings is 1. The van der Waals surface area contributed by atoms with Gasteiger partial charge in [0.15, 0.2) is 0 Å². The molecule has 0 amide bonds. The number of rotatable bonds is 2. The van der Waals surface area contributed by atoms with Crippen LogP contribution in [0.15, 0.2) is 23.1 Å². The Morgan fingerprint density at radius 1 is 1.21 bits per heavy atom. The van der Waals surface area contributed by atoms with Gasteiger partial charge in [0.25, 0.3) is 0 Å². The van der Waals surface area contributed by atoms with Crippen molar-refractivity contribution in [3.05, 3.63) is 28.2 Å². The van der Waals surface area contributed by atoms with Crippen molar-refractivity contribution in [1.29, 1.82) is 0 Å². The first-order chi connectivity index (χ1) is 8.41. The molecule has 1 aliphatic heterocycles. The summed E-state index contributed by atoms with van der Waals surface area (Å²) in [4.78, 5) is 0.101. The molecule has 1 saturated heterocycles. The zero-order valence-corrected chi connectivity index (χ0v) is 13.2. The van der Waals surface area contributed by atoms with Crippen LogP contribution in [0.25, 0.3) is 0 Å². The fourth-order valence-electron chi connectivity index (χ4n) is 1.94. The zero-order valence-electron chi connectivity index (χ0n) is 10.1. The summed E-state index contributed by atoms with van der Waals surface area (Å²) in [6.45, 7) is 0.866. The van der Waals surface area contributed by atoms with E-state index in [0.29, 0.717) is 31.0 Å². The summed E-state index contributed by atoms with van der Waals surface area (Å²) in [7, 11) is -3.55. The van der Waals surface area contributed by atoms with Gasteiger partial charge in [-0.3, -0.25) is 0 Å². The third-order valence-corrected chi connectivity index (χ3v) is 5.63. The van der Waals surface area contributed by atoms with E-state index in [1.165, 1.54) is 22.5 Å². The smallest absolute Gasteiger partial charge is 0.244 e. The maximum atomic E-state index is 12.4. The Balaban J connectivity index is 0.00000180. The third kappa shape index (κ3) is 3.74. The van der Waals surface area contributed by atoms with Crippen molar-refractivity contribution in [1.82, 2.24) is 4.31 Å². The molecule has 1 heterocycles. The lowest BCUT2D eigenvalue weighted by Gasteiger charge is -2.29. The Bertz CT molecular complexity index is 543. The van der Waals surface area contributed by atoms with E-state index in [1.54, 1.807) is 0 Å². The highest BCUT2D eigenvalue weighted by atomic mass is 35.5. The molecular weight excluding hydrogens is 331 g/mol. The molecule has 1 fully saturated rings. The molecule has 0 aromatic heterocycles. The molecule has 0 saturated carbocycles. The molecule has 1 aliphatic rings. The molecule has 0 spiro atoms. The summed E-state index contributed by atoms with van der Waals surface area (Å²) in [5, 5.41) is 0.567. The Morgan fingerprint density at radius 3 is 2.32 bits per heavy atom. The van der Waals surface area contributed by atoms with E-state index in [0.717, 1.165) is 0 Å². The molecule has 2 rings (SSSR count). The Kier molecular flexibility index (Phi) is 5.92. The van der Waals surface area contributed by atoms with Gasteiger partial charge in [0, 0.05) is 24.2 Å². The van der Waals surface area contributed by atoms with Crippen LogP contribution in [0.2, 0.25) is 10.0 Å². The predicted octanol–water partition coefficient (Wildman–Crippen LogP) is 2.53. The number of hydrogen-bond acceptors (Lipinski definition) is 3. The highest BCUT2D eigenvalue weighted by Gasteiger charge is 2.29. The second-order valence-corrected chi connectivity index (χ2v) is 7.07. The lowest BCUT2D eigenvalue weighted by molar-refractivity contribution is 0.320. The van der Waals surface area contributed by atoms with Crippen LogP contribution in [0.3, 0.4) is 0 Å². The largest absolute Gasteiger partial charge is 0.328 e. The quantitative estimate of drug-likeness (QED) is 0.896. The van der Waals surface area contributed by atoms with E-state index in [-0.39, 0.29) is 28.4 Å². The second-order valence-electron chi connectivity index (χ2n) is 4.32. The highest BCUT2D eigenvalue weighted by molar-refractivity contribution is 7.89. The summed E-state index contributed by atoms with van der Waals surface area (Å²) in [6, 6.07) is 4.48. The zero-order chi connectivity index (χ0) is 13.3. The second kappa shape index (κ2) is 6.61. The van der Waals surface area contributed by atoms with Crippen LogP contribution in [0.5, 0.6) is 0 Å². The average molecular weight is 346 g/mol. The molecule has 2 N–H and O–H groups in total. The molecular formula is C11H15Cl3N2O2S. The normalized spacial score (nSPS) is 18.1. The minimum Gasteiger partial charge on any atom is -0.328 e. The van der Waals surface area contributed by atoms with Crippen LogP contribution < -0.4 is 5.73 Å². The summed E-state index contributed by atoms with van der Waals surface area (Å²) in [5.74, 6) is 0. The predicted molar refractivity (Wildman–Crippen MR) is 79.7 cm³/mol. The van der Waals surface area contributed by atoms with Crippen molar-refractivity contribution in [2.24, 2.45) is 5.73 Å². The SMILES string of the molecule is Cl.NC1CCN(S(=O)(=O)c2ccc(Cl)cc2Cl)CC1. The van der Waals surface area contributed by atoms with Gasteiger partial charge < -0.3 is 5.73 Å². The minimum atomic E-state index is -3.55. The molecule has 1 aromatic rings. The lowest BCUT2D eigenvalue weighted by Crippen LogP contribution is -2.42. The summed E-state index contributed by atoms with van der Waals surface area (Å²) >= 11 is 11.7. The Morgan fingerprint density at radius 2 is 1.79 bits per heavy atom. The fraction of sp³-hybridized carbons (Fsp3) is 0.455. The number of piperidine rings is 1. The molecule has 19 heavy (non-hydrogen) atoms. The van der Waals surface area contributed by atoms with Crippen LogP contribution >= 0.6 is 35.6 Å². The van der Waals surface area contributed by atoms with E-state index in [2.05, 4.69) is 0 Å². The molecule has 1 aromatic carbocycles. The van der Waals surface area contributed by atoms with Gasteiger partial charge in [-0.2, -0.15) is 4.31 Å². The maximum absolute atomic E-state index is 12.4. The highest BCUT2D eigenvalue weighted by Crippen LogP contribution is 2.28. The van der Waals surface area contributed by atoms with Crippen LogP contribution in [-0.4, -0.2) is 31.9 Å².